The molecule has 0 fully saturated rings. The van der Waals surface area contributed by atoms with E-state index in [0.717, 1.165) is 6.07 Å². The van der Waals surface area contributed by atoms with E-state index in [0.29, 0.717) is 11.3 Å². The molecule has 3 aromatic rings. The second kappa shape index (κ2) is 5.94. The number of nitrogens with zero attached hydrogens (tertiary/aromatic N) is 2. The Morgan fingerprint density at radius 1 is 1.23 bits per heavy atom. The molecule has 9 heteroatoms. The molecule has 0 saturated heterocycles. The summed E-state index contributed by atoms with van der Waals surface area (Å²) in [4.78, 5) is 17.8. The van der Waals surface area contributed by atoms with Crippen LogP contribution in [0.2, 0.25) is 0 Å². The number of sulfone groups is 1. The average molecular weight is 379 g/mol. The van der Waals surface area contributed by atoms with E-state index in [1.165, 1.54) is 36.0 Å². The van der Waals surface area contributed by atoms with E-state index in [2.05, 4.69) is 4.98 Å². The maximum Gasteiger partial charge on any atom is 0.250 e. The smallest absolute Gasteiger partial charge is 0.250 e. The fraction of sp³-hybridized carbons (Fsp3) is 0.294. The highest BCUT2D eigenvalue weighted by Gasteiger charge is 2.34. The van der Waals surface area contributed by atoms with Crippen molar-refractivity contribution in [1.82, 2.24) is 14.4 Å². The zero-order valence-corrected chi connectivity index (χ0v) is 15.5. The van der Waals surface area contributed by atoms with Crippen LogP contribution in [0, 0.1) is 5.95 Å². The minimum atomic E-state index is -3.72. The third-order valence-corrected chi connectivity index (χ3v) is 6.50. The highest BCUT2D eigenvalue weighted by molar-refractivity contribution is 7.92. The van der Waals surface area contributed by atoms with E-state index in [1.54, 1.807) is 20.8 Å². The van der Waals surface area contributed by atoms with Crippen molar-refractivity contribution in [2.45, 2.75) is 30.4 Å². The number of aromatic nitrogens is 3. The number of H-pyrrole nitrogens is 1. The molecule has 3 aromatic heterocycles. The molecule has 26 heavy (non-hydrogen) atoms. The second-order valence-electron chi connectivity index (χ2n) is 6.77. The molecule has 0 aliphatic rings. The largest absolute Gasteiger partial charge is 0.495 e. The molecule has 7 nitrogen and oxygen atoms in total. The van der Waals surface area contributed by atoms with Gasteiger partial charge in [0.2, 0.25) is 0 Å². The lowest BCUT2D eigenvalue weighted by atomic mass is 10.2. The maximum absolute atomic E-state index is 13.6. The van der Waals surface area contributed by atoms with Gasteiger partial charge < -0.3 is 4.74 Å². The third-order valence-electron chi connectivity index (χ3n) is 4.00. The van der Waals surface area contributed by atoms with Gasteiger partial charge in [0.25, 0.3) is 5.56 Å². The summed E-state index contributed by atoms with van der Waals surface area (Å²) >= 11 is 0. The summed E-state index contributed by atoms with van der Waals surface area (Å²) < 4.78 is 45.1. The Morgan fingerprint density at radius 2 is 1.92 bits per heavy atom. The number of aromatic amines is 1. The first-order valence-electron chi connectivity index (χ1n) is 7.74. The van der Waals surface area contributed by atoms with Gasteiger partial charge in [-0.25, -0.2) is 13.4 Å². The molecule has 3 rings (SSSR count). The topological polar surface area (TPSA) is 93.5 Å². The minimum absolute atomic E-state index is 0.00966. The van der Waals surface area contributed by atoms with Crippen molar-refractivity contribution in [3.8, 4) is 17.0 Å². The standard InChI is InChI=1S/C17H18FN3O4S/c1-17(2,3)26(23,24)13-9-21-11(8-19-15(21)7-12(13)25-4)10-5-14(18)20-16(22)6-10/h5-9H,1-4H3,(H,20,22). The van der Waals surface area contributed by atoms with Crippen molar-refractivity contribution in [2.75, 3.05) is 7.11 Å². The van der Waals surface area contributed by atoms with Gasteiger partial charge in [-0.05, 0) is 20.8 Å². The van der Waals surface area contributed by atoms with Crippen molar-refractivity contribution in [3.63, 3.8) is 0 Å². The number of hydrogen-bond acceptors (Lipinski definition) is 5. The average Bonchev–Trinajstić information content (AvgIpc) is 2.94. The predicted octanol–water partition coefficient (Wildman–Crippen LogP) is 2.41. The number of imidazole rings is 1. The van der Waals surface area contributed by atoms with Crippen molar-refractivity contribution >= 4 is 15.5 Å². The van der Waals surface area contributed by atoms with Crippen LogP contribution in [0.4, 0.5) is 4.39 Å². The fourth-order valence-corrected chi connectivity index (χ4v) is 3.86. The Hall–Kier alpha value is -2.68. The summed E-state index contributed by atoms with van der Waals surface area (Å²) in [5.41, 5.74) is 0.470. The summed E-state index contributed by atoms with van der Waals surface area (Å²) in [6.07, 6.45) is 2.83. The monoisotopic (exact) mass is 379 g/mol. The molecule has 0 aliphatic heterocycles. The summed E-state index contributed by atoms with van der Waals surface area (Å²) in [5.74, 6) is -0.625. The lowest BCUT2D eigenvalue weighted by molar-refractivity contribution is 0.401. The zero-order chi connectivity index (χ0) is 19.3. The number of hydrogen-bond donors (Lipinski definition) is 1. The number of nitrogens with one attached hydrogen (secondary N) is 1. The van der Waals surface area contributed by atoms with E-state index in [1.807, 2.05) is 4.98 Å². The molecule has 0 atom stereocenters. The second-order valence-corrected chi connectivity index (χ2v) is 9.45. The summed E-state index contributed by atoms with van der Waals surface area (Å²) in [6.45, 7) is 4.77. The van der Waals surface area contributed by atoms with Gasteiger partial charge >= 0.3 is 0 Å². The molecular formula is C17H18FN3O4S. The van der Waals surface area contributed by atoms with E-state index in [4.69, 9.17) is 4.74 Å². The molecule has 0 radical (unpaired) electrons. The molecule has 138 valence electrons. The van der Waals surface area contributed by atoms with Gasteiger partial charge in [-0.1, -0.05) is 0 Å². The highest BCUT2D eigenvalue weighted by Crippen LogP contribution is 2.34. The van der Waals surface area contributed by atoms with Gasteiger partial charge in [-0.2, -0.15) is 4.39 Å². The van der Waals surface area contributed by atoms with Gasteiger partial charge in [0.15, 0.2) is 15.8 Å². The van der Waals surface area contributed by atoms with Gasteiger partial charge in [0.1, 0.15) is 16.3 Å². The Kier molecular flexibility index (Phi) is 4.14. The molecule has 0 unspecified atom stereocenters. The number of halogens is 1. The Labute approximate surface area is 149 Å². The van der Waals surface area contributed by atoms with Crippen LogP contribution in [0.5, 0.6) is 5.75 Å². The Bertz CT molecular complexity index is 1160. The van der Waals surface area contributed by atoms with Crippen LogP contribution in [0.15, 0.2) is 40.3 Å². The van der Waals surface area contributed by atoms with Crippen molar-refractivity contribution in [2.24, 2.45) is 0 Å². The molecule has 0 amide bonds. The summed E-state index contributed by atoms with van der Waals surface area (Å²) in [7, 11) is -2.34. The highest BCUT2D eigenvalue weighted by atomic mass is 32.2. The molecule has 0 aliphatic carbocycles. The Balaban J connectivity index is 2.34. The van der Waals surface area contributed by atoms with Crippen LogP contribution in [0.1, 0.15) is 20.8 Å². The van der Waals surface area contributed by atoms with E-state index in [9.17, 15) is 17.6 Å². The van der Waals surface area contributed by atoms with Gasteiger partial charge in [0.05, 0.1) is 23.7 Å². The Morgan fingerprint density at radius 3 is 2.50 bits per heavy atom. The van der Waals surface area contributed by atoms with Gasteiger partial charge in [-0.15, -0.1) is 0 Å². The molecule has 0 saturated carbocycles. The van der Waals surface area contributed by atoms with Crippen molar-refractivity contribution < 1.29 is 17.5 Å². The van der Waals surface area contributed by atoms with Crippen molar-refractivity contribution in [1.29, 1.82) is 0 Å². The van der Waals surface area contributed by atoms with E-state index < -0.39 is 26.1 Å². The van der Waals surface area contributed by atoms with Crippen LogP contribution >= 0.6 is 0 Å². The number of ether oxygens (including phenoxy) is 1. The summed E-state index contributed by atoms with van der Waals surface area (Å²) in [5, 5.41) is 0. The SMILES string of the molecule is COc1cc2ncc(-c3cc(F)[nH]c(=O)c3)n2cc1S(=O)(=O)C(C)(C)C. The first-order chi connectivity index (χ1) is 12.0. The minimum Gasteiger partial charge on any atom is -0.495 e. The number of pyridine rings is 2. The van der Waals surface area contributed by atoms with E-state index in [-0.39, 0.29) is 16.2 Å². The normalized spacial score (nSPS) is 12.5. The molecule has 1 N–H and O–H groups in total. The lowest BCUT2D eigenvalue weighted by Crippen LogP contribution is -2.28. The predicted molar refractivity (Wildman–Crippen MR) is 94.7 cm³/mol. The van der Waals surface area contributed by atoms with Crippen molar-refractivity contribution in [3.05, 3.63) is 46.9 Å². The van der Waals surface area contributed by atoms with E-state index >= 15 is 0 Å². The van der Waals surface area contributed by atoms with Crippen LogP contribution in [-0.2, 0) is 9.84 Å². The quantitative estimate of drug-likeness (QED) is 0.706. The number of fused-ring (bicyclic) bond motifs is 1. The number of methoxy groups -OCH3 is 1. The molecule has 0 aromatic carbocycles. The van der Waals surface area contributed by atoms with Crippen LogP contribution < -0.4 is 10.3 Å². The molecular weight excluding hydrogens is 361 g/mol. The van der Waals surface area contributed by atoms with Crippen LogP contribution in [0.3, 0.4) is 0 Å². The van der Waals surface area contributed by atoms with Crippen LogP contribution in [0.25, 0.3) is 16.9 Å². The lowest BCUT2D eigenvalue weighted by Gasteiger charge is -2.21. The zero-order valence-electron chi connectivity index (χ0n) is 14.7. The maximum atomic E-state index is 13.6. The molecule has 3 heterocycles. The number of rotatable bonds is 3. The molecule has 0 spiro atoms. The first-order valence-corrected chi connectivity index (χ1v) is 9.23. The third kappa shape index (κ3) is 2.88. The van der Waals surface area contributed by atoms with Gasteiger partial charge in [0, 0.05) is 30.0 Å². The fourth-order valence-electron chi connectivity index (χ4n) is 2.55. The van der Waals surface area contributed by atoms with Crippen LogP contribution in [-0.4, -0.2) is 34.6 Å². The van der Waals surface area contributed by atoms with Gasteiger partial charge in [-0.3, -0.25) is 14.2 Å². The summed E-state index contributed by atoms with van der Waals surface area (Å²) in [6, 6.07) is 3.85. The first kappa shape index (κ1) is 18.1. The molecule has 0 bridgehead atoms.